The number of hydrogen-bond acceptors (Lipinski definition) is 7. The minimum absolute atomic E-state index is 0.0364. The smallest absolute Gasteiger partial charge is 0.407 e. The van der Waals surface area contributed by atoms with E-state index in [4.69, 9.17) is 4.98 Å². The Morgan fingerprint density at radius 3 is 2.69 bits per heavy atom. The van der Waals surface area contributed by atoms with Crippen LogP contribution in [0.25, 0.3) is 10.8 Å². The average Bonchev–Trinajstić information content (AvgIpc) is 3.19. The van der Waals surface area contributed by atoms with E-state index >= 15 is 0 Å². The van der Waals surface area contributed by atoms with Gasteiger partial charge in [-0.3, -0.25) is 9.78 Å². The molecule has 0 radical (unpaired) electrons. The van der Waals surface area contributed by atoms with E-state index in [1.165, 1.54) is 4.90 Å². The van der Waals surface area contributed by atoms with Crippen LogP contribution >= 0.6 is 0 Å². The lowest BCUT2D eigenvalue weighted by Gasteiger charge is -2.38. The van der Waals surface area contributed by atoms with Crippen LogP contribution in [0.2, 0.25) is 0 Å². The average molecular weight is 476 g/mol. The van der Waals surface area contributed by atoms with Gasteiger partial charge in [0.05, 0.1) is 18.8 Å². The van der Waals surface area contributed by atoms with Crippen molar-refractivity contribution >= 4 is 34.5 Å². The molecule has 3 aromatic rings. The first-order valence-corrected chi connectivity index (χ1v) is 11.9. The second-order valence-corrected chi connectivity index (χ2v) is 9.37. The Hall–Kier alpha value is -3.95. The zero-order valence-corrected chi connectivity index (χ0v) is 20.1. The van der Waals surface area contributed by atoms with Crippen molar-refractivity contribution in [3.05, 3.63) is 53.5 Å². The number of benzene rings is 1. The summed E-state index contributed by atoms with van der Waals surface area (Å²) >= 11 is 0. The van der Waals surface area contributed by atoms with Gasteiger partial charge in [0, 0.05) is 48.9 Å². The molecule has 0 aliphatic carbocycles. The first-order chi connectivity index (χ1) is 16.8. The molecule has 2 N–H and O–H groups in total. The van der Waals surface area contributed by atoms with E-state index in [1.807, 2.05) is 56.1 Å². The molecule has 182 valence electrons. The van der Waals surface area contributed by atoms with Crippen LogP contribution in [0.15, 0.2) is 36.5 Å². The summed E-state index contributed by atoms with van der Waals surface area (Å²) in [6.07, 6.45) is 0.926. The molecule has 0 spiro atoms. The number of carbonyl (C=O) groups excluding carboxylic acids is 1. The zero-order valence-electron chi connectivity index (χ0n) is 20.1. The van der Waals surface area contributed by atoms with E-state index < -0.39 is 6.09 Å². The summed E-state index contributed by atoms with van der Waals surface area (Å²) in [5.41, 5.74) is 2.06. The van der Waals surface area contributed by atoms with Crippen molar-refractivity contribution in [2.24, 2.45) is 0 Å². The van der Waals surface area contributed by atoms with E-state index in [1.54, 1.807) is 4.90 Å². The van der Waals surface area contributed by atoms with Crippen LogP contribution in [0.3, 0.4) is 0 Å². The van der Waals surface area contributed by atoms with Crippen LogP contribution in [0.5, 0.6) is 0 Å². The number of hydrogen-bond donors (Lipinski definition) is 2. The molecule has 2 amide bonds. The molecule has 2 aromatic heterocycles. The second-order valence-electron chi connectivity index (χ2n) is 9.37. The maximum absolute atomic E-state index is 13.1. The lowest BCUT2D eigenvalue weighted by Crippen LogP contribution is -2.54. The van der Waals surface area contributed by atoms with Gasteiger partial charge in [0.2, 0.25) is 5.95 Å². The van der Waals surface area contributed by atoms with Gasteiger partial charge in [-0.2, -0.15) is 4.98 Å². The summed E-state index contributed by atoms with van der Waals surface area (Å²) in [7, 11) is 0. The number of aromatic nitrogens is 3. The minimum atomic E-state index is -0.931. The molecule has 1 aromatic carbocycles. The van der Waals surface area contributed by atoms with Crippen LogP contribution < -0.4 is 10.2 Å². The van der Waals surface area contributed by atoms with Crippen molar-refractivity contribution in [1.82, 2.24) is 24.8 Å². The summed E-state index contributed by atoms with van der Waals surface area (Å²) in [6, 6.07) is 9.94. The van der Waals surface area contributed by atoms with Crippen molar-refractivity contribution in [3.8, 4) is 0 Å². The Bertz CT molecular complexity index is 1300. The normalized spacial score (nSPS) is 17.9. The highest BCUT2D eigenvalue weighted by Gasteiger charge is 2.36. The summed E-state index contributed by atoms with van der Waals surface area (Å²) < 4.78 is 0. The summed E-state index contributed by atoms with van der Waals surface area (Å²) in [4.78, 5) is 43.8. The predicted octanol–water partition coefficient (Wildman–Crippen LogP) is 3.19. The maximum atomic E-state index is 13.1. The fraction of sp³-hybridized carbons (Fsp3) is 0.400. The van der Waals surface area contributed by atoms with E-state index in [9.17, 15) is 14.7 Å². The highest BCUT2D eigenvalue weighted by Crippen LogP contribution is 2.31. The first-order valence-electron chi connectivity index (χ1n) is 11.9. The third-order valence-electron chi connectivity index (χ3n) is 6.69. The number of carbonyl (C=O) groups is 2. The standard InChI is InChI=1S/C25H29N7O3/c1-15(2)32-14-20-21(23(32)33)28-24(30-8-9-31(25(34)35)16(3)13-30)29-22(20)27-12-19-10-17-6-4-5-7-18(17)11-26-19/h4-7,10-11,15-16H,8-9,12-14H2,1-3H3,(H,34,35)(H,27,28,29)/t16-/m1/s1. The van der Waals surface area contributed by atoms with Gasteiger partial charge < -0.3 is 25.1 Å². The molecule has 1 saturated heterocycles. The number of rotatable bonds is 5. The van der Waals surface area contributed by atoms with Gasteiger partial charge in [-0.05, 0) is 32.2 Å². The number of carboxylic acid groups (broad SMARTS) is 1. The fourth-order valence-corrected chi connectivity index (χ4v) is 4.71. The summed E-state index contributed by atoms with van der Waals surface area (Å²) in [5, 5.41) is 15.0. The van der Waals surface area contributed by atoms with Crippen LogP contribution in [-0.4, -0.2) is 73.6 Å². The molecule has 35 heavy (non-hydrogen) atoms. The van der Waals surface area contributed by atoms with Crippen molar-refractivity contribution in [3.63, 3.8) is 0 Å². The molecule has 1 atom stereocenters. The van der Waals surface area contributed by atoms with Gasteiger partial charge in [-0.15, -0.1) is 0 Å². The van der Waals surface area contributed by atoms with Gasteiger partial charge in [-0.25, -0.2) is 9.78 Å². The molecule has 5 rings (SSSR count). The van der Waals surface area contributed by atoms with Gasteiger partial charge in [0.25, 0.3) is 5.91 Å². The Labute approximate surface area is 203 Å². The fourth-order valence-electron chi connectivity index (χ4n) is 4.71. The van der Waals surface area contributed by atoms with Gasteiger partial charge in [0.15, 0.2) is 0 Å². The second kappa shape index (κ2) is 9.01. The largest absolute Gasteiger partial charge is 0.465 e. The summed E-state index contributed by atoms with van der Waals surface area (Å²) in [5.74, 6) is 0.945. The first kappa shape index (κ1) is 22.8. The third kappa shape index (κ3) is 4.31. The Kier molecular flexibility index (Phi) is 5.88. The monoisotopic (exact) mass is 475 g/mol. The van der Waals surface area contributed by atoms with Gasteiger partial charge in [-0.1, -0.05) is 24.3 Å². The molecule has 1 fully saturated rings. The number of nitrogens with zero attached hydrogens (tertiary/aromatic N) is 6. The lowest BCUT2D eigenvalue weighted by molar-refractivity contribution is 0.0726. The van der Waals surface area contributed by atoms with Crippen molar-refractivity contribution < 1.29 is 14.7 Å². The van der Waals surface area contributed by atoms with Crippen LogP contribution in [-0.2, 0) is 13.1 Å². The third-order valence-corrected chi connectivity index (χ3v) is 6.69. The molecule has 0 unspecified atom stereocenters. The molecule has 2 aliphatic heterocycles. The number of amides is 2. The number of fused-ring (bicyclic) bond motifs is 2. The van der Waals surface area contributed by atoms with Crippen molar-refractivity contribution in [2.45, 2.75) is 45.9 Å². The quantitative estimate of drug-likeness (QED) is 0.578. The van der Waals surface area contributed by atoms with E-state index in [0.29, 0.717) is 50.2 Å². The number of piperazine rings is 1. The molecule has 10 heteroatoms. The molecular weight excluding hydrogens is 446 g/mol. The van der Waals surface area contributed by atoms with Crippen LogP contribution in [0.4, 0.5) is 16.6 Å². The SMILES string of the molecule is CC(C)N1Cc2c(NCc3cc4ccccc4cn3)nc(N3CCN(C(=O)O)[C@H](C)C3)nc2C1=O. The van der Waals surface area contributed by atoms with Gasteiger partial charge in [0.1, 0.15) is 11.5 Å². The zero-order chi connectivity index (χ0) is 24.7. The molecule has 10 nitrogen and oxygen atoms in total. The Morgan fingerprint density at radius 1 is 1.20 bits per heavy atom. The van der Waals surface area contributed by atoms with Crippen molar-refractivity contribution in [2.75, 3.05) is 29.9 Å². The van der Waals surface area contributed by atoms with E-state index in [2.05, 4.69) is 21.4 Å². The van der Waals surface area contributed by atoms with Crippen LogP contribution in [0.1, 0.15) is 42.5 Å². The Morgan fingerprint density at radius 2 is 1.97 bits per heavy atom. The predicted molar refractivity (Wildman–Crippen MR) is 133 cm³/mol. The maximum Gasteiger partial charge on any atom is 0.407 e. The molecular formula is C25H29N7O3. The number of pyridine rings is 1. The highest BCUT2D eigenvalue weighted by atomic mass is 16.4. The molecule has 4 heterocycles. The lowest BCUT2D eigenvalue weighted by atomic mass is 10.1. The minimum Gasteiger partial charge on any atom is -0.465 e. The highest BCUT2D eigenvalue weighted by molar-refractivity contribution is 5.98. The molecule has 0 bridgehead atoms. The van der Waals surface area contributed by atoms with Crippen LogP contribution in [0, 0.1) is 0 Å². The topological polar surface area (TPSA) is 115 Å². The van der Waals surface area contributed by atoms with Gasteiger partial charge >= 0.3 is 6.09 Å². The van der Waals surface area contributed by atoms with E-state index in [0.717, 1.165) is 22.0 Å². The summed E-state index contributed by atoms with van der Waals surface area (Å²) in [6.45, 7) is 8.00. The molecule has 2 aliphatic rings. The number of anilines is 2. The van der Waals surface area contributed by atoms with E-state index in [-0.39, 0.29) is 18.0 Å². The Balaban J connectivity index is 1.45. The van der Waals surface area contributed by atoms with Crippen molar-refractivity contribution in [1.29, 1.82) is 0 Å². The number of nitrogens with one attached hydrogen (secondary N) is 1. The molecule has 0 saturated carbocycles.